The molecule has 3 heterocycles. The Morgan fingerprint density at radius 3 is 2.68 bits per heavy atom. The van der Waals surface area contributed by atoms with Crippen molar-refractivity contribution in [2.24, 2.45) is 7.05 Å². The predicted octanol–water partition coefficient (Wildman–Crippen LogP) is 3.20. The maximum absolute atomic E-state index is 12.6. The van der Waals surface area contributed by atoms with Crippen molar-refractivity contribution in [2.75, 3.05) is 5.32 Å². The molecule has 124 valence electrons. The molecule has 6 nitrogen and oxygen atoms in total. The average Bonchev–Trinajstić information content (AvgIpc) is 2.95. The monoisotopic (exact) mass is 396 g/mol. The summed E-state index contributed by atoms with van der Waals surface area (Å²) in [4.78, 5) is 29.8. The van der Waals surface area contributed by atoms with Crippen molar-refractivity contribution in [1.82, 2.24) is 14.0 Å². The number of nitrogens with one attached hydrogen (secondary N) is 1. The van der Waals surface area contributed by atoms with Crippen molar-refractivity contribution in [3.63, 3.8) is 0 Å². The van der Waals surface area contributed by atoms with Gasteiger partial charge in [0, 0.05) is 23.4 Å². The van der Waals surface area contributed by atoms with Crippen molar-refractivity contribution in [3.8, 4) is 0 Å². The fraction of sp³-hybridized carbons (Fsp3) is 0.0556. The third kappa shape index (κ3) is 2.62. The molecule has 0 atom stereocenters. The lowest BCUT2D eigenvalue weighted by atomic mass is 10.3. The zero-order valence-corrected chi connectivity index (χ0v) is 14.8. The Hall–Kier alpha value is -2.93. The molecule has 0 spiro atoms. The molecule has 0 fully saturated rings. The van der Waals surface area contributed by atoms with E-state index >= 15 is 0 Å². The Labute approximate surface area is 150 Å². The normalized spacial score (nSPS) is 11.1. The van der Waals surface area contributed by atoms with Crippen molar-refractivity contribution in [3.05, 3.63) is 75.2 Å². The van der Waals surface area contributed by atoms with Gasteiger partial charge in [-0.05, 0) is 42.5 Å². The highest BCUT2D eigenvalue weighted by molar-refractivity contribution is 9.10. The number of rotatable bonds is 2. The standard InChI is InChI=1S/C18H13BrN4O2/c1-22-14(17(24)20-12-7-5-11(19)6-8-12)10-13-16(22)21-15-4-2-3-9-23(15)18(13)25/h2-10H,1H3,(H,20,24). The molecule has 0 saturated heterocycles. The summed E-state index contributed by atoms with van der Waals surface area (Å²) in [6.45, 7) is 0. The molecule has 25 heavy (non-hydrogen) atoms. The zero-order valence-electron chi connectivity index (χ0n) is 13.2. The van der Waals surface area contributed by atoms with Crippen LogP contribution in [0.5, 0.6) is 0 Å². The smallest absolute Gasteiger partial charge is 0.272 e. The number of amides is 1. The summed E-state index contributed by atoms with van der Waals surface area (Å²) in [6, 6.07) is 14.2. The second-order valence-corrected chi connectivity index (χ2v) is 6.55. The molecule has 0 bridgehead atoms. The van der Waals surface area contributed by atoms with E-state index in [1.165, 1.54) is 4.40 Å². The van der Waals surface area contributed by atoms with E-state index in [9.17, 15) is 9.59 Å². The Morgan fingerprint density at radius 2 is 1.92 bits per heavy atom. The number of nitrogens with zero attached hydrogens (tertiary/aromatic N) is 3. The molecule has 1 amide bonds. The van der Waals surface area contributed by atoms with Crippen LogP contribution in [0.15, 0.2) is 64.0 Å². The Morgan fingerprint density at radius 1 is 1.16 bits per heavy atom. The van der Waals surface area contributed by atoms with Gasteiger partial charge in [0.15, 0.2) is 0 Å². The second-order valence-electron chi connectivity index (χ2n) is 5.63. The topological polar surface area (TPSA) is 68.4 Å². The first-order valence-corrected chi connectivity index (χ1v) is 8.37. The number of hydrogen-bond donors (Lipinski definition) is 1. The molecule has 3 aromatic heterocycles. The Bertz CT molecular complexity index is 1180. The number of pyridine rings is 1. The van der Waals surface area contributed by atoms with Crippen LogP contribution in [0, 0.1) is 0 Å². The summed E-state index contributed by atoms with van der Waals surface area (Å²) >= 11 is 3.36. The van der Waals surface area contributed by atoms with Gasteiger partial charge in [-0.2, -0.15) is 0 Å². The van der Waals surface area contributed by atoms with Crippen LogP contribution < -0.4 is 10.9 Å². The molecule has 0 aliphatic heterocycles. The lowest BCUT2D eigenvalue weighted by molar-refractivity contribution is 0.101. The van der Waals surface area contributed by atoms with E-state index in [0.29, 0.717) is 28.1 Å². The van der Waals surface area contributed by atoms with Gasteiger partial charge in [0.2, 0.25) is 0 Å². The maximum atomic E-state index is 12.6. The van der Waals surface area contributed by atoms with Gasteiger partial charge < -0.3 is 9.88 Å². The Kier molecular flexibility index (Phi) is 3.65. The molecule has 0 saturated carbocycles. The fourth-order valence-corrected chi connectivity index (χ4v) is 3.03. The molecule has 1 aromatic carbocycles. The van der Waals surface area contributed by atoms with E-state index in [1.54, 1.807) is 48.1 Å². The summed E-state index contributed by atoms with van der Waals surface area (Å²) < 4.78 is 4.04. The molecule has 0 aliphatic carbocycles. The van der Waals surface area contributed by atoms with Crippen LogP contribution in [0.3, 0.4) is 0 Å². The number of anilines is 1. The summed E-state index contributed by atoms with van der Waals surface area (Å²) in [7, 11) is 1.73. The molecular formula is C18H13BrN4O2. The lowest BCUT2D eigenvalue weighted by Crippen LogP contribution is -2.16. The van der Waals surface area contributed by atoms with Gasteiger partial charge in [-0.3, -0.25) is 14.0 Å². The molecule has 0 unspecified atom stereocenters. The minimum atomic E-state index is -0.295. The number of hydrogen-bond acceptors (Lipinski definition) is 3. The van der Waals surface area contributed by atoms with E-state index in [0.717, 1.165) is 4.47 Å². The predicted molar refractivity (Wildman–Crippen MR) is 100 cm³/mol. The van der Waals surface area contributed by atoms with Crippen LogP contribution in [0.2, 0.25) is 0 Å². The van der Waals surface area contributed by atoms with Gasteiger partial charge >= 0.3 is 0 Å². The quantitative estimate of drug-likeness (QED) is 0.565. The average molecular weight is 397 g/mol. The number of fused-ring (bicyclic) bond motifs is 2. The summed E-state index contributed by atoms with van der Waals surface area (Å²) in [5, 5.41) is 3.24. The molecule has 4 rings (SSSR count). The van der Waals surface area contributed by atoms with E-state index < -0.39 is 0 Å². The first kappa shape index (κ1) is 15.6. The number of aromatic nitrogens is 3. The van der Waals surface area contributed by atoms with Crippen molar-refractivity contribution < 1.29 is 4.79 Å². The minimum absolute atomic E-state index is 0.195. The minimum Gasteiger partial charge on any atom is -0.324 e. The first-order valence-electron chi connectivity index (χ1n) is 7.58. The third-order valence-electron chi connectivity index (χ3n) is 4.04. The second kappa shape index (κ2) is 5.86. The molecule has 1 N–H and O–H groups in total. The highest BCUT2D eigenvalue weighted by atomic mass is 79.9. The third-order valence-corrected chi connectivity index (χ3v) is 4.57. The van der Waals surface area contributed by atoms with Crippen LogP contribution in [-0.2, 0) is 7.05 Å². The van der Waals surface area contributed by atoms with Crippen LogP contribution >= 0.6 is 15.9 Å². The van der Waals surface area contributed by atoms with Gasteiger partial charge in [0.25, 0.3) is 11.5 Å². The SMILES string of the molecule is Cn1c(C(=O)Nc2ccc(Br)cc2)cc2c(=O)n3ccccc3nc21. The summed E-state index contributed by atoms with van der Waals surface area (Å²) in [5.41, 5.74) is 1.88. The first-order chi connectivity index (χ1) is 12.0. The van der Waals surface area contributed by atoms with E-state index in [1.807, 2.05) is 18.2 Å². The fourth-order valence-electron chi connectivity index (χ4n) is 2.77. The maximum Gasteiger partial charge on any atom is 0.272 e. The van der Waals surface area contributed by atoms with Crippen molar-refractivity contribution in [2.45, 2.75) is 0 Å². The van der Waals surface area contributed by atoms with Crippen LogP contribution in [0.4, 0.5) is 5.69 Å². The Balaban J connectivity index is 1.82. The number of halogens is 1. The zero-order chi connectivity index (χ0) is 17.6. The highest BCUT2D eigenvalue weighted by Gasteiger charge is 2.17. The number of carbonyl (C=O) groups excluding carboxylic acids is 1. The van der Waals surface area contributed by atoms with Gasteiger partial charge in [-0.1, -0.05) is 22.0 Å². The summed E-state index contributed by atoms with van der Waals surface area (Å²) in [5.74, 6) is -0.295. The number of benzene rings is 1. The van der Waals surface area contributed by atoms with E-state index in [-0.39, 0.29) is 11.5 Å². The molecule has 4 aromatic rings. The van der Waals surface area contributed by atoms with Crippen molar-refractivity contribution >= 4 is 44.2 Å². The van der Waals surface area contributed by atoms with Gasteiger partial charge in [0.1, 0.15) is 17.0 Å². The van der Waals surface area contributed by atoms with E-state index in [4.69, 9.17) is 0 Å². The van der Waals surface area contributed by atoms with Crippen LogP contribution in [-0.4, -0.2) is 19.9 Å². The molecule has 0 aliphatic rings. The number of aryl methyl sites for hydroxylation is 1. The molecule has 7 heteroatoms. The van der Waals surface area contributed by atoms with Crippen LogP contribution in [0.1, 0.15) is 10.5 Å². The van der Waals surface area contributed by atoms with Gasteiger partial charge in [0.05, 0.1) is 5.39 Å². The highest BCUT2D eigenvalue weighted by Crippen LogP contribution is 2.18. The van der Waals surface area contributed by atoms with Crippen LogP contribution in [0.25, 0.3) is 16.7 Å². The summed E-state index contributed by atoms with van der Waals surface area (Å²) in [6.07, 6.45) is 1.67. The van der Waals surface area contributed by atoms with E-state index in [2.05, 4.69) is 26.2 Å². The molecule has 0 radical (unpaired) electrons. The number of carbonyl (C=O) groups is 1. The van der Waals surface area contributed by atoms with Crippen molar-refractivity contribution in [1.29, 1.82) is 0 Å². The van der Waals surface area contributed by atoms with Gasteiger partial charge in [-0.25, -0.2) is 4.98 Å². The molecular weight excluding hydrogens is 384 g/mol. The lowest BCUT2D eigenvalue weighted by Gasteiger charge is -2.06. The largest absolute Gasteiger partial charge is 0.324 e. The van der Waals surface area contributed by atoms with Gasteiger partial charge in [-0.15, -0.1) is 0 Å².